The molecule has 0 aliphatic carbocycles. The van der Waals surface area contributed by atoms with Crippen LogP contribution in [-0.4, -0.2) is 20.1 Å². The van der Waals surface area contributed by atoms with Gasteiger partial charge >= 0.3 is 6.18 Å². The molecular formula is C19H16F3N3O3. The van der Waals surface area contributed by atoms with E-state index in [0.717, 1.165) is 18.3 Å². The van der Waals surface area contributed by atoms with Crippen molar-refractivity contribution in [2.24, 2.45) is 0 Å². The second-order valence-electron chi connectivity index (χ2n) is 5.38. The highest BCUT2D eigenvalue weighted by molar-refractivity contribution is 6.07. The quantitative estimate of drug-likeness (QED) is 0.570. The number of nitrogens with zero attached hydrogens (tertiary/aromatic N) is 1. The lowest BCUT2D eigenvalue weighted by Crippen LogP contribution is -2.18. The third kappa shape index (κ3) is 4.94. The summed E-state index contributed by atoms with van der Waals surface area (Å²) >= 11 is 0. The standard InChI is InChI=1S/C19H16F3N3O3/c1-27-13-7-8-17(28-2)16(9-13)24-11-12(10-23)18(26)25-15-6-4-3-5-14(15)19(20,21)22/h3-9,11,24H,1-2H3,(H,25,26)/b12-11-. The smallest absolute Gasteiger partial charge is 0.418 e. The molecule has 0 aromatic heterocycles. The number of carbonyl (C=O) groups excluding carboxylic acids is 1. The minimum atomic E-state index is -4.65. The highest BCUT2D eigenvalue weighted by atomic mass is 19.4. The molecular weight excluding hydrogens is 375 g/mol. The average molecular weight is 391 g/mol. The van der Waals surface area contributed by atoms with Crippen LogP contribution in [0, 0.1) is 11.3 Å². The number of alkyl halides is 3. The Hall–Kier alpha value is -3.67. The number of para-hydroxylation sites is 1. The Morgan fingerprint density at radius 1 is 1.11 bits per heavy atom. The van der Waals surface area contributed by atoms with E-state index in [4.69, 9.17) is 9.47 Å². The first kappa shape index (κ1) is 20.6. The normalized spacial score (nSPS) is 11.4. The molecule has 0 fully saturated rings. The Balaban J connectivity index is 2.25. The van der Waals surface area contributed by atoms with E-state index >= 15 is 0 Å². The van der Waals surface area contributed by atoms with Crippen LogP contribution in [0.5, 0.6) is 11.5 Å². The van der Waals surface area contributed by atoms with Gasteiger partial charge in [0.15, 0.2) is 0 Å². The van der Waals surface area contributed by atoms with Gasteiger partial charge in [-0.2, -0.15) is 18.4 Å². The fourth-order valence-corrected chi connectivity index (χ4v) is 2.25. The molecule has 2 rings (SSSR count). The van der Waals surface area contributed by atoms with E-state index in [1.54, 1.807) is 24.3 Å². The molecule has 0 saturated carbocycles. The van der Waals surface area contributed by atoms with Gasteiger partial charge in [-0.3, -0.25) is 4.79 Å². The maximum Gasteiger partial charge on any atom is 0.418 e. The van der Waals surface area contributed by atoms with Gasteiger partial charge in [0.05, 0.1) is 31.2 Å². The zero-order chi connectivity index (χ0) is 20.7. The largest absolute Gasteiger partial charge is 0.497 e. The number of benzene rings is 2. The molecule has 0 unspecified atom stereocenters. The van der Waals surface area contributed by atoms with Crippen LogP contribution in [-0.2, 0) is 11.0 Å². The predicted octanol–water partition coefficient (Wildman–Crippen LogP) is 4.18. The number of anilines is 2. The van der Waals surface area contributed by atoms with Gasteiger partial charge < -0.3 is 20.1 Å². The minimum absolute atomic E-state index is 0.401. The van der Waals surface area contributed by atoms with Gasteiger partial charge in [0.25, 0.3) is 5.91 Å². The second-order valence-corrected chi connectivity index (χ2v) is 5.38. The van der Waals surface area contributed by atoms with Crippen molar-refractivity contribution in [3.8, 4) is 17.6 Å². The van der Waals surface area contributed by atoms with Gasteiger partial charge in [0, 0.05) is 12.3 Å². The lowest BCUT2D eigenvalue weighted by Gasteiger charge is -2.13. The van der Waals surface area contributed by atoms with E-state index in [1.165, 1.54) is 26.4 Å². The maximum absolute atomic E-state index is 13.0. The summed E-state index contributed by atoms with van der Waals surface area (Å²) in [4.78, 5) is 12.3. The van der Waals surface area contributed by atoms with E-state index in [2.05, 4.69) is 10.6 Å². The van der Waals surface area contributed by atoms with Crippen LogP contribution >= 0.6 is 0 Å². The van der Waals surface area contributed by atoms with E-state index in [0.29, 0.717) is 17.2 Å². The van der Waals surface area contributed by atoms with Crippen molar-refractivity contribution >= 4 is 17.3 Å². The van der Waals surface area contributed by atoms with Crippen molar-refractivity contribution in [3.63, 3.8) is 0 Å². The van der Waals surface area contributed by atoms with Gasteiger partial charge in [-0.25, -0.2) is 0 Å². The molecule has 0 spiro atoms. The zero-order valence-corrected chi connectivity index (χ0v) is 14.9. The predicted molar refractivity (Wildman–Crippen MR) is 96.9 cm³/mol. The number of methoxy groups -OCH3 is 2. The van der Waals surface area contributed by atoms with Crippen molar-refractivity contribution in [1.29, 1.82) is 5.26 Å². The number of halogens is 3. The summed E-state index contributed by atoms with van der Waals surface area (Å²) in [5.74, 6) is -0.0792. The number of nitrogens with one attached hydrogen (secondary N) is 2. The Kier molecular flexibility index (Phi) is 6.50. The Morgan fingerprint density at radius 3 is 2.43 bits per heavy atom. The number of ether oxygens (including phenoxy) is 2. The van der Waals surface area contributed by atoms with Crippen molar-refractivity contribution in [3.05, 3.63) is 59.8 Å². The minimum Gasteiger partial charge on any atom is -0.497 e. The van der Waals surface area contributed by atoms with E-state index in [9.17, 15) is 23.2 Å². The molecule has 2 aromatic carbocycles. The van der Waals surface area contributed by atoms with Gasteiger partial charge in [-0.1, -0.05) is 12.1 Å². The third-order valence-corrected chi connectivity index (χ3v) is 3.62. The van der Waals surface area contributed by atoms with E-state index < -0.39 is 28.9 Å². The van der Waals surface area contributed by atoms with Gasteiger partial charge in [-0.15, -0.1) is 0 Å². The number of hydrogen-bond acceptors (Lipinski definition) is 5. The first-order valence-corrected chi connectivity index (χ1v) is 7.86. The lowest BCUT2D eigenvalue weighted by molar-refractivity contribution is -0.137. The molecule has 0 bridgehead atoms. The maximum atomic E-state index is 13.0. The molecule has 0 atom stereocenters. The first-order valence-electron chi connectivity index (χ1n) is 7.86. The topological polar surface area (TPSA) is 83.4 Å². The van der Waals surface area contributed by atoms with Gasteiger partial charge in [-0.05, 0) is 24.3 Å². The van der Waals surface area contributed by atoms with Crippen LogP contribution in [0.3, 0.4) is 0 Å². The van der Waals surface area contributed by atoms with Crippen molar-refractivity contribution in [2.75, 3.05) is 24.9 Å². The molecule has 0 aliphatic rings. The summed E-state index contributed by atoms with van der Waals surface area (Å²) in [6, 6.07) is 11.0. The molecule has 1 amide bonds. The first-order chi connectivity index (χ1) is 13.3. The highest BCUT2D eigenvalue weighted by Crippen LogP contribution is 2.34. The van der Waals surface area contributed by atoms with Crippen molar-refractivity contribution in [2.45, 2.75) is 6.18 Å². The molecule has 0 heterocycles. The highest BCUT2D eigenvalue weighted by Gasteiger charge is 2.33. The Bertz CT molecular complexity index is 934. The molecule has 0 saturated heterocycles. The number of nitriles is 1. The fourth-order valence-electron chi connectivity index (χ4n) is 2.25. The zero-order valence-electron chi connectivity index (χ0n) is 14.9. The summed E-state index contributed by atoms with van der Waals surface area (Å²) in [6.45, 7) is 0. The summed E-state index contributed by atoms with van der Waals surface area (Å²) in [6.07, 6.45) is -3.57. The van der Waals surface area contributed by atoms with E-state index in [1.807, 2.05) is 0 Å². The van der Waals surface area contributed by atoms with Crippen molar-refractivity contribution < 1.29 is 27.4 Å². The van der Waals surface area contributed by atoms with Crippen molar-refractivity contribution in [1.82, 2.24) is 0 Å². The molecule has 146 valence electrons. The second kappa shape index (κ2) is 8.81. The lowest BCUT2D eigenvalue weighted by atomic mass is 10.1. The Morgan fingerprint density at radius 2 is 1.82 bits per heavy atom. The van der Waals surface area contributed by atoms with Crippen LogP contribution in [0.2, 0.25) is 0 Å². The summed E-state index contributed by atoms with van der Waals surface area (Å²) < 4.78 is 49.4. The number of rotatable bonds is 6. The molecule has 0 radical (unpaired) electrons. The third-order valence-electron chi connectivity index (χ3n) is 3.62. The van der Waals surface area contributed by atoms with E-state index in [-0.39, 0.29) is 0 Å². The van der Waals surface area contributed by atoms with Gasteiger partial charge in [0.1, 0.15) is 23.1 Å². The van der Waals surface area contributed by atoms with Gasteiger partial charge in [0.2, 0.25) is 0 Å². The van der Waals surface area contributed by atoms with Crippen LogP contribution in [0.4, 0.5) is 24.5 Å². The van der Waals surface area contributed by atoms with Crippen LogP contribution < -0.4 is 20.1 Å². The van der Waals surface area contributed by atoms with Crippen LogP contribution in [0.15, 0.2) is 54.2 Å². The van der Waals surface area contributed by atoms with Crippen LogP contribution in [0.1, 0.15) is 5.56 Å². The molecule has 0 aliphatic heterocycles. The summed E-state index contributed by atoms with van der Waals surface area (Å²) in [5, 5.41) is 14.1. The monoisotopic (exact) mass is 391 g/mol. The summed E-state index contributed by atoms with van der Waals surface area (Å²) in [7, 11) is 2.90. The van der Waals surface area contributed by atoms with Crippen LogP contribution in [0.25, 0.3) is 0 Å². The SMILES string of the molecule is COc1ccc(OC)c(N/C=C(/C#N)C(=O)Nc2ccccc2C(F)(F)F)c1. The Labute approximate surface area is 159 Å². The fraction of sp³-hybridized carbons (Fsp3) is 0.158. The molecule has 6 nitrogen and oxygen atoms in total. The molecule has 28 heavy (non-hydrogen) atoms. The number of amides is 1. The molecule has 9 heteroatoms. The molecule has 2 aromatic rings. The average Bonchev–Trinajstić information content (AvgIpc) is 2.67. The summed E-state index contributed by atoms with van der Waals surface area (Å²) in [5.41, 5.74) is -1.48. The number of carbonyl (C=O) groups is 1. The molecule has 2 N–H and O–H groups in total. The number of hydrogen-bond donors (Lipinski definition) is 2.